The molecule has 15 heavy (non-hydrogen) atoms. The van der Waals surface area contributed by atoms with E-state index in [9.17, 15) is 9.90 Å². The quantitative estimate of drug-likeness (QED) is 0.734. The molecule has 1 heterocycles. The van der Waals surface area contributed by atoms with Crippen LogP contribution in [-0.4, -0.2) is 11.0 Å². The van der Waals surface area contributed by atoms with Gasteiger partial charge in [0.1, 0.15) is 0 Å². The third kappa shape index (κ3) is 1.88. The van der Waals surface area contributed by atoms with E-state index in [4.69, 9.17) is 0 Å². The molecule has 0 fully saturated rings. The molecular weight excluding hydrogens is 190 g/mol. The van der Waals surface area contributed by atoms with Gasteiger partial charge in [0.2, 0.25) is 5.91 Å². The molecule has 3 heteroatoms. The Bertz CT molecular complexity index is 405. The summed E-state index contributed by atoms with van der Waals surface area (Å²) in [6, 6.07) is 5.76. The van der Waals surface area contributed by atoms with E-state index in [0.717, 1.165) is 23.2 Å². The minimum absolute atomic E-state index is 0.0270. The molecule has 1 amide bonds. The van der Waals surface area contributed by atoms with Crippen LogP contribution < -0.4 is 5.32 Å². The van der Waals surface area contributed by atoms with Crippen LogP contribution in [0, 0.1) is 0 Å². The van der Waals surface area contributed by atoms with Crippen LogP contribution in [0.5, 0.6) is 0 Å². The van der Waals surface area contributed by atoms with Crippen LogP contribution in [0.1, 0.15) is 31.4 Å². The van der Waals surface area contributed by atoms with Crippen LogP contribution in [0.4, 0.5) is 5.69 Å². The summed E-state index contributed by atoms with van der Waals surface area (Å²) in [5.41, 5.74) is 1.76. The number of anilines is 1. The number of hydrogen-bond acceptors (Lipinski definition) is 2. The van der Waals surface area contributed by atoms with Gasteiger partial charge in [0.25, 0.3) is 0 Å². The highest BCUT2D eigenvalue weighted by molar-refractivity contribution is 5.95. The summed E-state index contributed by atoms with van der Waals surface area (Å²) >= 11 is 0. The van der Waals surface area contributed by atoms with Crippen LogP contribution in [0.15, 0.2) is 18.2 Å². The molecule has 0 saturated heterocycles. The normalized spacial score (nSPS) is 15.8. The van der Waals surface area contributed by atoms with Crippen molar-refractivity contribution in [2.24, 2.45) is 0 Å². The first-order chi connectivity index (χ1) is 6.98. The van der Waals surface area contributed by atoms with E-state index in [1.165, 1.54) is 0 Å². The van der Waals surface area contributed by atoms with Crippen molar-refractivity contribution in [2.75, 3.05) is 5.32 Å². The van der Waals surface area contributed by atoms with Crippen molar-refractivity contribution in [3.63, 3.8) is 0 Å². The van der Waals surface area contributed by atoms with E-state index in [1.807, 2.05) is 18.2 Å². The standard InChI is InChI=1S/C12H15NO2/c1-12(2,15)9-5-3-4-8-6-7-10(14)13-11(8)9/h3-5,15H,6-7H2,1-2H3,(H,13,14). The third-order valence-electron chi connectivity index (χ3n) is 2.70. The number of aryl methyl sites for hydroxylation is 1. The first-order valence-corrected chi connectivity index (χ1v) is 5.13. The second kappa shape index (κ2) is 3.35. The molecule has 1 aromatic carbocycles. The largest absolute Gasteiger partial charge is 0.386 e. The van der Waals surface area contributed by atoms with Gasteiger partial charge in [-0.2, -0.15) is 0 Å². The summed E-state index contributed by atoms with van der Waals surface area (Å²) in [6.07, 6.45) is 1.29. The molecule has 0 aromatic heterocycles. The maximum atomic E-state index is 11.3. The predicted molar refractivity (Wildman–Crippen MR) is 58.6 cm³/mol. The zero-order valence-electron chi connectivity index (χ0n) is 9.00. The molecule has 0 spiro atoms. The van der Waals surface area contributed by atoms with Gasteiger partial charge in [0.15, 0.2) is 0 Å². The molecule has 80 valence electrons. The molecule has 1 aliphatic rings. The number of carbonyl (C=O) groups excluding carboxylic acids is 1. The van der Waals surface area contributed by atoms with Crippen LogP contribution in [0.25, 0.3) is 0 Å². The van der Waals surface area contributed by atoms with Gasteiger partial charge in [0, 0.05) is 12.0 Å². The number of carbonyl (C=O) groups is 1. The maximum Gasteiger partial charge on any atom is 0.224 e. The Morgan fingerprint density at radius 3 is 2.73 bits per heavy atom. The third-order valence-corrected chi connectivity index (χ3v) is 2.70. The number of fused-ring (bicyclic) bond motifs is 1. The summed E-state index contributed by atoms with van der Waals surface area (Å²) in [4.78, 5) is 11.3. The lowest BCUT2D eigenvalue weighted by atomic mass is 9.91. The molecule has 0 unspecified atom stereocenters. The molecule has 1 aliphatic heterocycles. The van der Waals surface area contributed by atoms with E-state index >= 15 is 0 Å². The van der Waals surface area contributed by atoms with Crippen LogP contribution >= 0.6 is 0 Å². The van der Waals surface area contributed by atoms with Gasteiger partial charge in [-0.1, -0.05) is 18.2 Å². The molecule has 2 rings (SSSR count). The topological polar surface area (TPSA) is 49.3 Å². The van der Waals surface area contributed by atoms with Gasteiger partial charge in [-0.3, -0.25) is 4.79 Å². The van der Waals surface area contributed by atoms with Gasteiger partial charge in [0.05, 0.1) is 11.3 Å². The molecular formula is C12H15NO2. The number of benzene rings is 1. The summed E-state index contributed by atoms with van der Waals surface area (Å²) in [5, 5.41) is 12.8. The van der Waals surface area contributed by atoms with E-state index in [2.05, 4.69) is 5.32 Å². The van der Waals surface area contributed by atoms with Crippen molar-refractivity contribution in [1.29, 1.82) is 0 Å². The second-order valence-corrected chi connectivity index (χ2v) is 4.45. The first-order valence-electron chi connectivity index (χ1n) is 5.13. The van der Waals surface area contributed by atoms with Gasteiger partial charge >= 0.3 is 0 Å². The molecule has 0 bridgehead atoms. The summed E-state index contributed by atoms with van der Waals surface area (Å²) < 4.78 is 0. The minimum atomic E-state index is -0.921. The van der Waals surface area contributed by atoms with E-state index in [-0.39, 0.29) is 5.91 Å². The average molecular weight is 205 g/mol. The Morgan fingerprint density at radius 1 is 1.33 bits per heavy atom. The lowest BCUT2D eigenvalue weighted by molar-refractivity contribution is -0.116. The van der Waals surface area contributed by atoms with Crippen molar-refractivity contribution in [2.45, 2.75) is 32.3 Å². The summed E-state index contributed by atoms with van der Waals surface area (Å²) in [5.74, 6) is 0.0270. The van der Waals surface area contributed by atoms with E-state index in [1.54, 1.807) is 13.8 Å². The van der Waals surface area contributed by atoms with Crippen molar-refractivity contribution < 1.29 is 9.90 Å². The van der Waals surface area contributed by atoms with Crippen LogP contribution in [-0.2, 0) is 16.8 Å². The fourth-order valence-electron chi connectivity index (χ4n) is 1.92. The van der Waals surface area contributed by atoms with Crippen LogP contribution in [0.2, 0.25) is 0 Å². The van der Waals surface area contributed by atoms with Gasteiger partial charge in [-0.25, -0.2) is 0 Å². The van der Waals surface area contributed by atoms with Gasteiger partial charge in [-0.05, 0) is 25.8 Å². The fraction of sp³-hybridized carbons (Fsp3) is 0.417. The Balaban J connectivity index is 2.53. The minimum Gasteiger partial charge on any atom is -0.386 e. The number of nitrogens with one attached hydrogen (secondary N) is 1. The monoisotopic (exact) mass is 205 g/mol. The molecule has 0 radical (unpaired) electrons. The highest BCUT2D eigenvalue weighted by Gasteiger charge is 2.25. The van der Waals surface area contributed by atoms with Gasteiger partial charge in [-0.15, -0.1) is 0 Å². The second-order valence-electron chi connectivity index (χ2n) is 4.45. The smallest absolute Gasteiger partial charge is 0.224 e. The number of rotatable bonds is 1. The van der Waals surface area contributed by atoms with Crippen LogP contribution in [0.3, 0.4) is 0 Å². The van der Waals surface area contributed by atoms with E-state index in [0.29, 0.717) is 6.42 Å². The Hall–Kier alpha value is -1.35. The highest BCUT2D eigenvalue weighted by Crippen LogP contribution is 2.33. The zero-order chi connectivity index (χ0) is 11.1. The highest BCUT2D eigenvalue weighted by atomic mass is 16.3. The molecule has 0 atom stereocenters. The van der Waals surface area contributed by atoms with Gasteiger partial charge < -0.3 is 10.4 Å². The SMILES string of the molecule is CC(C)(O)c1cccc2c1NC(=O)CC2. The van der Waals surface area contributed by atoms with E-state index < -0.39 is 5.60 Å². The van der Waals surface area contributed by atoms with Crippen molar-refractivity contribution in [3.8, 4) is 0 Å². The number of para-hydroxylation sites is 1. The Kier molecular flexibility index (Phi) is 2.27. The Labute approximate surface area is 89.1 Å². The average Bonchev–Trinajstić information content (AvgIpc) is 2.15. The number of hydrogen-bond donors (Lipinski definition) is 2. The first kappa shape index (κ1) is 10.2. The fourth-order valence-corrected chi connectivity index (χ4v) is 1.92. The molecule has 0 aliphatic carbocycles. The molecule has 0 saturated carbocycles. The maximum absolute atomic E-state index is 11.3. The lowest BCUT2D eigenvalue weighted by Crippen LogP contribution is -2.25. The zero-order valence-corrected chi connectivity index (χ0v) is 9.00. The number of amides is 1. The number of aliphatic hydroxyl groups is 1. The Morgan fingerprint density at radius 2 is 2.07 bits per heavy atom. The van der Waals surface area contributed by atoms with Crippen molar-refractivity contribution >= 4 is 11.6 Å². The predicted octanol–water partition coefficient (Wildman–Crippen LogP) is 1.80. The summed E-state index contributed by atoms with van der Waals surface area (Å²) in [7, 11) is 0. The summed E-state index contributed by atoms with van der Waals surface area (Å²) in [6.45, 7) is 3.45. The van der Waals surface area contributed by atoms with Crippen molar-refractivity contribution in [3.05, 3.63) is 29.3 Å². The lowest BCUT2D eigenvalue weighted by Gasteiger charge is -2.26. The van der Waals surface area contributed by atoms with Crippen molar-refractivity contribution in [1.82, 2.24) is 0 Å². The molecule has 1 aromatic rings. The molecule has 2 N–H and O–H groups in total. The molecule has 3 nitrogen and oxygen atoms in total.